The van der Waals surface area contributed by atoms with Crippen molar-refractivity contribution in [2.75, 3.05) is 40.0 Å². The number of ether oxygens (including phenoxy) is 2. The van der Waals surface area contributed by atoms with Crippen molar-refractivity contribution in [2.24, 2.45) is 5.92 Å². The Balaban J connectivity index is 1.43. The van der Waals surface area contributed by atoms with Gasteiger partial charge in [-0.05, 0) is 17.2 Å². The molecule has 140 valence electrons. The first-order chi connectivity index (χ1) is 12.8. The summed E-state index contributed by atoms with van der Waals surface area (Å²) in [6.07, 6.45) is 1.62. The largest absolute Gasteiger partial charge is 0.493 e. The molecule has 1 aromatic heterocycles. The quantitative estimate of drug-likeness (QED) is 0.800. The van der Waals surface area contributed by atoms with Gasteiger partial charge in [-0.3, -0.25) is 4.90 Å². The van der Waals surface area contributed by atoms with E-state index >= 15 is 0 Å². The van der Waals surface area contributed by atoms with E-state index in [1.54, 1.807) is 7.11 Å². The summed E-state index contributed by atoms with van der Waals surface area (Å²) < 4.78 is 16.1. The summed E-state index contributed by atoms with van der Waals surface area (Å²) >= 11 is 0. The predicted molar refractivity (Wildman–Crippen MR) is 94.1 cm³/mol. The van der Waals surface area contributed by atoms with Gasteiger partial charge in [0.25, 0.3) is 0 Å². The van der Waals surface area contributed by atoms with Gasteiger partial charge in [0.2, 0.25) is 5.89 Å². The first kappa shape index (κ1) is 17.5. The van der Waals surface area contributed by atoms with Gasteiger partial charge in [-0.1, -0.05) is 17.3 Å². The maximum Gasteiger partial charge on any atom is 0.231 e. The highest BCUT2D eigenvalue weighted by Gasteiger charge is 2.37. The lowest BCUT2D eigenvalue weighted by molar-refractivity contribution is 0.199. The Labute approximate surface area is 152 Å². The van der Waals surface area contributed by atoms with Crippen LogP contribution in [0.2, 0.25) is 0 Å². The summed E-state index contributed by atoms with van der Waals surface area (Å²) in [5.74, 6) is 2.48. The molecule has 7 heteroatoms. The molecule has 1 saturated heterocycles. The molecular formula is C19H25N3O4. The summed E-state index contributed by atoms with van der Waals surface area (Å²) in [6.45, 7) is 3.95. The van der Waals surface area contributed by atoms with Crippen LogP contribution in [0.3, 0.4) is 0 Å². The highest BCUT2D eigenvalue weighted by Crippen LogP contribution is 2.33. The first-order valence-corrected chi connectivity index (χ1v) is 9.16. The van der Waals surface area contributed by atoms with Crippen molar-refractivity contribution in [3.05, 3.63) is 41.0 Å². The number of nitrogens with zero attached hydrogens (tertiary/aromatic N) is 3. The minimum atomic E-state index is 0.0709. The zero-order valence-corrected chi connectivity index (χ0v) is 15.1. The van der Waals surface area contributed by atoms with Crippen LogP contribution in [0.4, 0.5) is 0 Å². The number of fused-ring (bicyclic) bond motifs is 1. The van der Waals surface area contributed by atoms with Crippen LogP contribution >= 0.6 is 0 Å². The Morgan fingerprint density at radius 3 is 3.12 bits per heavy atom. The standard InChI is InChI=1S/C19H25N3O4/c1-24-6-5-18-20-19(26-21-18)16-11-22(10-15(16)12-23)9-13-2-3-17-14(8-13)4-7-25-17/h2-3,8,15-16,23H,4-7,9-12H2,1H3/t15-,16+/m0/s1. The Morgan fingerprint density at radius 2 is 2.27 bits per heavy atom. The molecule has 0 bridgehead atoms. The number of hydrogen-bond donors (Lipinski definition) is 1. The van der Waals surface area contributed by atoms with E-state index in [0.717, 1.165) is 38.4 Å². The fraction of sp³-hybridized carbons (Fsp3) is 0.579. The molecule has 0 saturated carbocycles. The van der Waals surface area contributed by atoms with Gasteiger partial charge in [-0.25, -0.2) is 0 Å². The molecule has 0 spiro atoms. The Kier molecular flexibility index (Phi) is 5.19. The van der Waals surface area contributed by atoms with Gasteiger partial charge in [-0.2, -0.15) is 4.98 Å². The fourth-order valence-electron chi connectivity index (χ4n) is 3.86. The van der Waals surface area contributed by atoms with E-state index in [2.05, 4.69) is 33.2 Å². The Bertz CT molecular complexity index is 748. The Hall–Kier alpha value is -1.96. The lowest BCUT2D eigenvalue weighted by Gasteiger charge is -2.16. The third-order valence-electron chi connectivity index (χ3n) is 5.24. The molecule has 0 aliphatic carbocycles. The number of benzene rings is 1. The van der Waals surface area contributed by atoms with E-state index in [1.165, 1.54) is 11.1 Å². The molecule has 3 heterocycles. The highest BCUT2D eigenvalue weighted by molar-refractivity contribution is 5.39. The van der Waals surface area contributed by atoms with Crippen LogP contribution in [0.25, 0.3) is 0 Å². The number of aliphatic hydroxyl groups is 1. The summed E-state index contributed by atoms with van der Waals surface area (Å²) in [4.78, 5) is 6.85. The number of methoxy groups -OCH3 is 1. The lowest BCUT2D eigenvalue weighted by atomic mass is 9.97. The number of aromatic nitrogens is 2. The van der Waals surface area contributed by atoms with Crippen LogP contribution in [0.1, 0.15) is 28.8 Å². The maximum absolute atomic E-state index is 9.80. The van der Waals surface area contributed by atoms with E-state index in [1.807, 2.05) is 0 Å². The minimum absolute atomic E-state index is 0.0709. The zero-order chi connectivity index (χ0) is 17.9. The van der Waals surface area contributed by atoms with Crippen molar-refractivity contribution in [2.45, 2.75) is 25.3 Å². The summed E-state index contributed by atoms with van der Waals surface area (Å²) in [5, 5.41) is 13.8. The van der Waals surface area contributed by atoms with Gasteiger partial charge in [0.05, 0.1) is 19.1 Å². The van der Waals surface area contributed by atoms with E-state index in [0.29, 0.717) is 24.7 Å². The molecule has 0 radical (unpaired) electrons. The fourth-order valence-corrected chi connectivity index (χ4v) is 3.86. The average Bonchev–Trinajstić information content (AvgIpc) is 3.38. The molecule has 7 nitrogen and oxygen atoms in total. The summed E-state index contributed by atoms with van der Waals surface area (Å²) in [5.41, 5.74) is 2.56. The summed E-state index contributed by atoms with van der Waals surface area (Å²) in [6, 6.07) is 6.43. The molecular weight excluding hydrogens is 334 g/mol. The molecule has 1 N–H and O–H groups in total. The SMILES string of the molecule is COCCc1noc([C@@H]2CN(Cc3ccc4c(c3)CCO4)C[C@H]2CO)n1. The third-order valence-corrected chi connectivity index (χ3v) is 5.24. The van der Waals surface area contributed by atoms with Crippen LogP contribution in [0, 0.1) is 5.92 Å². The van der Waals surface area contributed by atoms with Crippen LogP contribution in [-0.2, 0) is 24.1 Å². The van der Waals surface area contributed by atoms with E-state index < -0.39 is 0 Å². The zero-order valence-electron chi connectivity index (χ0n) is 15.1. The second kappa shape index (κ2) is 7.73. The van der Waals surface area contributed by atoms with Crippen molar-refractivity contribution in [3.63, 3.8) is 0 Å². The van der Waals surface area contributed by atoms with Crippen molar-refractivity contribution in [1.29, 1.82) is 0 Å². The number of rotatable bonds is 7. The number of aliphatic hydroxyl groups excluding tert-OH is 1. The molecule has 2 aliphatic heterocycles. The predicted octanol–water partition coefficient (Wildman–Crippen LogP) is 1.40. The van der Waals surface area contributed by atoms with E-state index in [-0.39, 0.29) is 18.4 Å². The second-order valence-corrected chi connectivity index (χ2v) is 7.08. The van der Waals surface area contributed by atoms with E-state index in [4.69, 9.17) is 14.0 Å². The smallest absolute Gasteiger partial charge is 0.231 e. The van der Waals surface area contributed by atoms with Crippen molar-refractivity contribution in [3.8, 4) is 5.75 Å². The van der Waals surface area contributed by atoms with Crippen LogP contribution in [-0.4, -0.2) is 60.2 Å². The van der Waals surface area contributed by atoms with Gasteiger partial charge in [-0.15, -0.1) is 0 Å². The molecule has 2 aliphatic rings. The lowest BCUT2D eigenvalue weighted by Crippen LogP contribution is -2.21. The van der Waals surface area contributed by atoms with Crippen molar-refractivity contribution >= 4 is 0 Å². The van der Waals surface area contributed by atoms with Gasteiger partial charge in [0, 0.05) is 52.1 Å². The normalized spacial score (nSPS) is 22.5. The Morgan fingerprint density at radius 1 is 1.35 bits per heavy atom. The molecule has 2 aromatic rings. The highest BCUT2D eigenvalue weighted by atomic mass is 16.5. The molecule has 2 atom stereocenters. The average molecular weight is 359 g/mol. The molecule has 0 unspecified atom stereocenters. The van der Waals surface area contributed by atoms with Crippen molar-refractivity contribution in [1.82, 2.24) is 15.0 Å². The van der Waals surface area contributed by atoms with Gasteiger partial charge in [0.1, 0.15) is 5.75 Å². The molecule has 26 heavy (non-hydrogen) atoms. The molecule has 1 fully saturated rings. The number of likely N-dealkylation sites (tertiary alicyclic amines) is 1. The first-order valence-electron chi connectivity index (χ1n) is 9.16. The van der Waals surface area contributed by atoms with Gasteiger partial charge in [0.15, 0.2) is 5.82 Å². The van der Waals surface area contributed by atoms with Crippen LogP contribution in [0.5, 0.6) is 5.75 Å². The molecule has 0 amide bonds. The molecule has 1 aromatic carbocycles. The van der Waals surface area contributed by atoms with Gasteiger partial charge >= 0.3 is 0 Å². The van der Waals surface area contributed by atoms with E-state index in [9.17, 15) is 5.11 Å². The van der Waals surface area contributed by atoms with Crippen molar-refractivity contribution < 1.29 is 19.1 Å². The summed E-state index contributed by atoms with van der Waals surface area (Å²) in [7, 11) is 1.66. The van der Waals surface area contributed by atoms with Gasteiger partial charge < -0.3 is 19.1 Å². The third kappa shape index (κ3) is 3.60. The monoisotopic (exact) mass is 359 g/mol. The minimum Gasteiger partial charge on any atom is -0.493 e. The second-order valence-electron chi connectivity index (χ2n) is 7.08. The number of hydrogen-bond acceptors (Lipinski definition) is 7. The maximum atomic E-state index is 9.80. The van der Waals surface area contributed by atoms with Crippen LogP contribution in [0.15, 0.2) is 22.7 Å². The topological polar surface area (TPSA) is 80.9 Å². The molecule has 4 rings (SSSR count). The van der Waals surface area contributed by atoms with Crippen LogP contribution < -0.4 is 4.74 Å².